The van der Waals surface area contributed by atoms with Crippen LogP contribution in [0.5, 0.6) is 0 Å². The van der Waals surface area contributed by atoms with Crippen LogP contribution in [0.15, 0.2) is 45.9 Å². The summed E-state index contributed by atoms with van der Waals surface area (Å²) in [6.07, 6.45) is 3.92. The maximum Gasteiger partial charge on any atom is 0.234 e. The van der Waals surface area contributed by atoms with Gasteiger partial charge >= 0.3 is 0 Å². The molecule has 30 heavy (non-hydrogen) atoms. The lowest BCUT2D eigenvalue weighted by Crippen LogP contribution is -2.41. The van der Waals surface area contributed by atoms with E-state index in [1.165, 1.54) is 11.8 Å². The topological polar surface area (TPSA) is 87.2 Å². The molecule has 1 aromatic carbocycles. The normalized spacial score (nSPS) is 16.9. The molecule has 0 radical (unpaired) electrons. The SMILES string of the molecule is O=C(CSc1ccc(N2CCC(C(=O)NC3CC3)CC2)nn1)Nc1ccccc1Br. The first-order chi connectivity index (χ1) is 14.6. The molecular formula is C21H24BrN5O2S. The molecule has 9 heteroatoms. The lowest BCUT2D eigenvalue weighted by Gasteiger charge is -2.31. The molecule has 1 saturated heterocycles. The smallest absolute Gasteiger partial charge is 0.234 e. The maximum atomic E-state index is 12.2. The first kappa shape index (κ1) is 21.1. The number of nitrogens with one attached hydrogen (secondary N) is 2. The highest BCUT2D eigenvalue weighted by Gasteiger charge is 2.30. The number of aromatic nitrogens is 2. The highest BCUT2D eigenvalue weighted by atomic mass is 79.9. The van der Waals surface area contributed by atoms with Crippen molar-refractivity contribution in [3.8, 4) is 0 Å². The van der Waals surface area contributed by atoms with Crippen molar-refractivity contribution in [1.82, 2.24) is 15.5 Å². The summed E-state index contributed by atoms with van der Waals surface area (Å²) in [4.78, 5) is 26.5. The van der Waals surface area contributed by atoms with Crippen LogP contribution in [0.25, 0.3) is 0 Å². The van der Waals surface area contributed by atoms with Crippen molar-refractivity contribution >= 4 is 51.0 Å². The van der Waals surface area contributed by atoms with Crippen molar-refractivity contribution in [2.45, 2.75) is 36.8 Å². The number of amides is 2. The van der Waals surface area contributed by atoms with Gasteiger partial charge in [-0.2, -0.15) is 0 Å². The molecule has 1 aliphatic heterocycles. The van der Waals surface area contributed by atoms with E-state index in [1.54, 1.807) is 0 Å². The van der Waals surface area contributed by atoms with Gasteiger partial charge in [-0.3, -0.25) is 9.59 Å². The van der Waals surface area contributed by atoms with Gasteiger partial charge in [-0.05, 0) is 65.9 Å². The van der Waals surface area contributed by atoms with Gasteiger partial charge in [0.25, 0.3) is 0 Å². The third-order valence-electron chi connectivity index (χ3n) is 5.24. The minimum atomic E-state index is -0.0932. The zero-order valence-corrected chi connectivity index (χ0v) is 18.9. The van der Waals surface area contributed by atoms with E-state index in [1.807, 2.05) is 36.4 Å². The van der Waals surface area contributed by atoms with Crippen LogP contribution in [-0.2, 0) is 9.59 Å². The molecule has 1 aromatic heterocycles. The van der Waals surface area contributed by atoms with Gasteiger partial charge in [0.1, 0.15) is 5.03 Å². The van der Waals surface area contributed by atoms with Gasteiger partial charge in [0.15, 0.2) is 5.82 Å². The molecule has 2 N–H and O–H groups in total. The van der Waals surface area contributed by atoms with Crippen LogP contribution >= 0.6 is 27.7 Å². The van der Waals surface area contributed by atoms with E-state index < -0.39 is 0 Å². The molecule has 1 aliphatic carbocycles. The molecule has 2 amide bonds. The zero-order chi connectivity index (χ0) is 20.9. The van der Waals surface area contributed by atoms with Gasteiger partial charge in [0, 0.05) is 29.5 Å². The predicted octanol–water partition coefficient (Wildman–Crippen LogP) is 3.46. The number of thioether (sulfide) groups is 1. The highest BCUT2D eigenvalue weighted by Crippen LogP contribution is 2.26. The Bertz CT molecular complexity index is 899. The van der Waals surface area contributed by atoms with Gasteiger partial charge in [0.05, 0.1) is 11.4 Å². The van der Waals surface area contributed by atoms with Gasteiger partial charge in [0.2, 0.25) is 11.8 Å². The summed E-state index contributed by atoms with van der Waals surface area (Å²) in [5, 5.41) is 15.3. The average Bonchev–Trinajstić information content (AvgIpc) is 3.58. The molecule has 7 nitrogen and oxygen atoms in total. The van der Waals surface area contributed by atoms with Crippen molar-refractivity contribution < 1.29 is 9.59 Å². The summed E-state index contributed by atoms with van der Waals surface area (Å²) in [7, 11) is 0. The van der Waals surface area contributed by atoms with Crippen LogP contribution in [0.4, 0.5) is 11.5 Å². The van der Waals surface area contributed by atoms with E-state index in [4.69, 9.17) is 0 Å². The molecule has 158 valence electrons. The predicted molar refractivity (Wildman–Crippen MR) is 122 cm³/mol. The Kier molecular flexibility index (Phi) is 6.89. The van der Waals surface area contributed by atoms with E-state index in [9.17, 15) is 9.59 Å². The van der Waals surface area contributed by atoms with E-state index in [2.05, 4.69) is 41.7 Å². The number of nitrogens with zero attached hydrogens (tertiary/aromatic N) is 3. The molecule has 0 spiro atoms. The van der Waals surface area contributed by atoms with E-state index in [0.717, 1.165) is 54.8 Å². The largest absolute Gasteiger partial charge is 0.355 e. The number of para-hydroxylation sites is 1. The number of carbonyl (C=O) groups is 2. The van der Waals surface area contributed by atoms with E-state index >= 15 is 0 Å². The molecular weight excluding hydrogens is 466 g/mol. The van der Waals surface area contributed by atoms with Crippen LogP contribution < -0.4 is 15.5 Å². The minimum absolute atomic E-state index is 0.0932. The summed E-state index contributed by atoms with van der Waals surface area (Å²) >= 11 is 4.77. The number of benzene rings is 1. The number of hydrogen-bond acceptors (Lipinski definition) is 6. The van der Waals surface area contributed by atoms with Crippen LogP contribution in [0.1, 0.15) is 25.7 Å². The number of piperidine rings is 1. The second-order valence-electron chi connectivity index (χ2n) is 7.59. The van der Waals surface area contributed by atoms with Crippen LogP contribution in [0.3, 0.4) is 0 Å². The maximum absolute atomic E-state index is 12.2. The Labute approximate surface area is 188 Å². The second kappa shape index (κ2) is 9.78. The Hall–Kier alpha value is -2.13. The van der Waals surface area contributed by atoms with Gasteiger partial charge in [-0.25, -0.2) is 0 Å². The Morgan fingerprint density at radius 3 is 2.50 bits per heavy atom. The number of rotatable bonds is 7. The van der Waals surface area contributed by atoms with E-state index in [-0.39, 0.29) is 23.5 Å². The fraction of sp³-hybridized carbons (Fsp3) is 0.429. The van der Waals surface area contributed by atoms with Crippen LogP contribution in [-0.4, -0.2) is 46.9 Å². The summed E-state index contributed by atoms with van der Waals surface area (Å²) in [6.45, 7) is 1.61. The van der Waals surface area contributed by atoms with Gasteiger partial charge < -0.3 is 15.5 Å². The summed E-state index contributed by atoms with van der Waals surface area (Å²) < 4.78 is 0.848. The third-order valence-corrected chi connectivity index (χ3v) is 6.85. The standard InChI is InChI=1S/C21H24BrN5O2S/c22-16-3-1-2-4-17(16)24-19(28)13-30-20-8-7-18(25-26-20)27-11-9-14(10-12-27)21(29)23-15-5-6-15/h1-4,7-8,14-15H,5-6,9-13H2,(H,23,29)(H,24,28). The monoisotopic (exact) mass is 489 g/mol. The Morgan fingerprint density at radius 2 is 1.83 bits per heavy atom. The molecule has 0 unspecified atom stereocenters. The lowest BCUT2D eigenvalue weighted by molar-refractivity contribution is -0.125. The fourth-order valence-electron chi connectivity index (χ4n) is 3.36. The van der Waals surface area contributed by atoms with Gasteiger partial charge in [-0.15, -0.1) is 10.2 Å². The van der Waals surface area contributed by atoms with Crippen molar-refractivity contribution in [1.29, 1.82) is 0 Å². The lowest BCUT2D eigenvalue weighted by atomic mass is 9.96. The summed E-state index contributed by atoms with van der Waals surface area (Å²) in [6, 6.07) is 11.8. The molecule has 1 saturated carbocycles. The first-order valence-electron chi connectivity index (χ1n) is 10.1. The fourth-order valence-corrected chi connectivity index (χ4v) is 4.36. The highest BCUT2D eigenvalue weighted by molar-refractivity contribution is 9.10. The molecule has 2 heterocycles. The van der Waals surface area contributed by atoms with Crippen LogP contribution in [0, 0.1) is 5.92 Å². The number of anilines is 2. The van der Waals surface area contributed by atoms with Crippen molar-refractivity contribution in [3.63, 3.8) is 0 Å². The summed E-state index contributed by atoms with van der Waals surface area (Å²) in [5.41, 5.74) is 0.749. The van der Waals surface area contributed by atoms with Crippen molar-refractivity contribution in [2.24, 2.45) is 5.92 Å². The summed E-state index contributed by atoms with van der Waals surface area (Å²) in [5.74, 6) is 1.29. The third kappa shape index (κ3) is 5.72. The Balaban J connectivity index is 1.23. The van der Waals surface area contributed by atoms with E-state index in [0.29, 0.717) is 11.1 Å². The number of carbonyl (C=O) groups excluding carboxylic acids is 2. The second-order valence-corrected chi connectivity index (χ2v) is 9.44. The quantitative estimate of drug-likeness (QED) is 0.579. The first-order valence-corrected chi connectivity index (χ1v) is 11.9. The van der Waals surface area contributed by atoms with Crippen molar-refractivity contribution in [2.75, 3.05) is 29.1 Å². The molecule has 0 bridgehead atoms. The minimum Gasteiger partial charge on any atom is -0.355 e. The molecule has 2 aliphatic rings. The molecule has 0 atom stereocenters. The molecule has 4 rings (SSSR count). The van der Waals surface area contributed by atoms with Crippen molar-refractivity contribution in [3.05, 3.63) is 40.9 Å². The van der Waals surface area contributed by atoms with Gasteiger partial charge in [-0.1, -0.05) is 23.9 Å². The number of halogens is 1. The van der Waals surface area contributed by atoms with Crippen LogP contribution in [0.2, 0.25) is 0 Å². The Morgan fingerprint density at radius 1 is 1.07 bits per heavy atom. The average molecular weight is 490 g/mol. The molecule has 2 aromatic rings. The zero-order valence-electron chi connectivity index (χ0n) is 16.5. The molecule has 2 fully saturated rings. The number of hydrogen-bond donors (Lipinski definition) is 2.